The Morgan fingerprint density at radius 3 is 2.58 bits per heavy atom. The summed E-state index contributed by atoms with van der Waals surface area (Å²) in [4.78, 5) is 27.8. The Kier molecular flexibility index (Phi) is 5.16. The minimum absolute atomic E-state index is 0.0167. The average Bonchev–Trinajstić information content (AvgIpc) is 3.32. The fraction of sp³-hybridized carbons (Fsp3) is 0.571. The van der Waals surface area contributed by atoms with Gasteiger partial charge in [-0.1, -0.05) is 56.4 Å². The molecule has 1 amide bonds. The Morgan fingerprint density at radius 1 is 1.12 bits per heavy atom. The van der Waals surface area contributed by atoms with Crippen LogP contribution in [0.1, 0.15) is 49.7 Å². The van der Waals surface area contributed by atoms with Crippen molar-refractivity contribution in [2.75, 3.05) is 13.2 Å². The fourth-order valence-corrected chi connectivity index (χ4v) is 4.73. The summed E-state index contributed by atoms with van der Waals surface area (Å²) in [7, 11) is 0. The van der Waals surface area contributed by atoms with E-state index in [4.69, 9.17) is 4.74 Å². The molecule has 3 aliphatic rings. The molecule has 2 aliphatic heterocycles. The third-order valence-corrected chi connectivity index (χ3v) is 6.10. The SMILES string of the molecule is O=C1N=C(c2ccc(CC(=O)[C@H]3NCC[C@H]3C3CCCCC3)cc2)CO1. The number of benzene rings is 1. The summed E-state index contributed by atoms with van der Waals surface area (Å²) in [6.07, 6.45) is 7.63. The number of carbonyl (C=O) groups is 2. The van der Waals surface area contributed by atoms with Gasteiger partial charge in [-0.15, -0.1) is 0 Å². The van der Waals surface area contributed by atoms with Gasteiger partial charge in [-0.2, -0.15) is 4.99 Å². The van der Waals surface area contributed by atoms with Gasteiger partial charge in [-0.25, -0.2) is 4.79 Å². The number of carbonyl (C=O) groups excluding carboxylic acids is 2. The zero-order valence-electron chi connectivity index (χ0n) is 15.1. The molecule has 0 aromatic heterocycles. The van der Waals surface area contributed by atoms with Crippen molar-refractivity contribution < 1.29 is 14.3 Å². The molecular formula is C21H26N2O3. The van der Waals surface area contributed by atoms with Crippen LogP contribution in [0, 0.1) is 11.8 Å². The molecule has 1 aromatic carbocycles. The van der Waals surface area contributed by atoms with Crippen LogP contribution in [0.2, 0.25) is 0 Å². The molecule has 1 saturated heterocycles. The Balaban J connectivity index is 1.39. The lowest BCUT2D eigenvalue weighted by molar-refractivity contribution is -0.121. The second-order valence-corrected chi connectivity index (χ2v) is 7.74. The standard InChI is InChI=1S/C21H26N2O3/c24-19(20-17(10-11-22-20)15-4-2-1-3-5-15)12-14-6-8-16(9-7-14)18-13-26-21(25)23-18/h6-9,15,17,20,22H,1-5,10-13H2/t17-,20-/m0/s1. The monoisotopic (exact) mass is 354 g/mol. The quantitative estimate of drug-likeness (QED) is 0.881. The molecule has 5 heteroatoms. The van der Waals surface area contributed by atoms with E-state index in [0.717, 1.165) is 24.1 Å². The van der Waals surface area contributed by atoms with Crippen molar-refractivity contribution in [3.8, 4) is 0 Å². The number of nitrogens with one attached hydrogen (secondary N) is 1. The third-order valence-electron chi connectivity index (χ3n) is 6.10. The summed E-state index contributed by atoms with van der Waals surface area (Å²) < 4.78 is 4.85. The summed E-state index contributed by atoms with van der Waals surface area (Å²) >= 11 is 0. The van der Waals surface area contributed by atoms with E-state index < -0.39 is 6.09 Å². The number of ether oxygens (including phenoxy) is 1. The van der Waals surface area contributed by atoms with Gasteiger partial charge in [0.25, 0.3) is 0 Å². The van der Waals surface area contributed by atoms with Crippen LogP contribution >= 0.6 is 0 Å². The summed E-state index contributed by atoms with van der Waals surface area (Å²) in [5, 5.41) is 3.46. The van der Waals surface area contributed by atoms with Crippen LogP contribution in [-0.2, 0) is 16.0 Å². The third kappa shape index (κ3) is 3.73. The summed E-state index contributed by atoms with van der Waals surface area (Å²) in [5.41, 5.74) is 2.55. The first-order valence-electron chi connectivity index (χ1n) is 9.80. The second kappa shape index (κ2) is 7.70. The molecule has 0 bridgehead atoms. The number of rotatable bonds is 5. The van der Waals surface area contributed by atoms with Crippen LogP contribution in [0.3, 0.4) is 0 Å². The van der Waals surface area contributed by atoms with E-state index >= 15 is 0 Å². The zero-order chi connectivity index (χ0) is 17.9. The van der Waals surface area contributed by atoms with Crippen molar-refractivity contribution in [1.29, 1.82) is 0 Å². The molecule has 4 rings (SSSR count). The largest absolute Gasteiger partial charge is 0.441 e. The minimum atomic E-state index is -0.527. The normalized spacial score (nSPS) is 26.6. The van der Waals surface area contributed by atoms with Crippen LogP contribution in [0.4, 0.5) is 4.79 Å². The molecule has 2 heterocycles. The zero-order valence-corrected chi connectivity index (χ0v) is 15.1. The highest BCUT2D eigenvalue weighted by Gasteiger charge is 2.37. The van der Waals surface area contributed by atoms with Crippen LogP contribution in [0.5, 0.6) is 0 Å². The number of amides is 1. The van der Waals surface area contributed by atoms with Gasteiger partial charge in [0.15, 0.2) is 5.78 Å². The first-order chi connectivity index (χ1) is 12.7. The molecule has 26 heavy (non-hydrogen) atoms. The van der Waals surface area contributed by atoms with Crippen molar-refractivity contribution in [3.63, 3.8) is 0 Å². The molecule has 0 radical (unpaired) electrons. The number of hydrogen-bond acceptors (Lipinski definition) is 4. The molecule has 1 N–H and O–H groups in total. The highest BCUT2D eigenvalue weighted by atomic mass is 16.6. The van der Waals surface area contributed by atoms with Crippen molar-refractivity contribution in [3.05, 3.63) is 35.4 Å². The summed E-state index contributed by atoms with van der Waals surface area (Å²) in [6.45, 7) is 1.19. The van der Waals surface area contributed by atoms with Gasteiger partial charge in [0.2, 0.25) is 0 Å². The number of nitrogens with zero attached hydrogens (tertiary/aromatic N) is 1. The number of Topliss-reactive ketones (excluding diaryl/α,β-unsaturated/α-hetero) is 1. The number of cyclic esters (lactones) is 1. The maximum Gasteiger partial charge on any atom is 0.434 e. The van der Waals surface area contributed by atoms with Crippen LogP contribution in [-0.4, -0.2) is 36.8 Å². The van der Waals surface area contributed by atoms with Gasteiger partial charge < -0.3 is 10.1 Å². The minimum Gasteiger partial charge on any atom is -0.441 e. The molecular weight excluding hydrogens is 328 g/mol. The lowest BCUT2D eigenvalue weighted by atomic mass is 9.75. The second-order valence-electron chi connectivity index (χ2n) is 7.74. The van der Waals surface area contributed by atoms with Gasteiger partial charge in [-0.3, -0.25) is 4.79 Å². The van der Waals surface area contributed by atoms with Crippen molar-refractivity contribution in [1.82, 2.24) is 5.32 Å². The molecule has 2 atom stereocenters. The molecule has 5 nitrogen and oxygen atoms in total. The Bertz CT molecular complexity index is 704. The van der Waals surface area contributed by atoms with E-state index in [1.54, 1.807) is 0 Å². The number of ketones is 1. The van der Waals surface area contributed by atoms with Gasteiger partial charge in [0, 0.05) is 6.42 Å². The van der Waals surface area contributed by atoms with Gasteiger partial charge in [0.05, 0.1) is 11.8 Å². The van der Waals surface area contributed by atoms with Crippen LogP contribution in [0.25, 0.3) is 0 Å². The molecule has 1 saturated carbocycles. The highest BCUT2D eigenvalue weighted by molar-refractivity contribution is 6.09. The molecule has 0 unspecified atom stereocenters. The molecule has 1 aromatic rings. The number of hydrogen-bond donors (Lipinski definition) is 1. The summed E-state index contributed by atoms with van der Waals surface area (Å²) in [5.74, 6) is 1.54. The highest BCUT2D eigenvalue weighted by Crippen LogP contribution is 2.36. The van der Waals surface area contributed by atoms with E-state index in [1.807, 2.05) is 24.3 Å². The van der Waals surface area contributed by atoms with Gasteiger partial charge >= 0.3 is 6.09 Å². The Hall–Kier alpha value is -2.01. The average molecular weight is 354 g/mol. The predicted molar refractivity (Wildman–Crippen MR) is 99.5 cm³/mol. The molecule has 138 valence electrons. The van der Waals surface area contributed by atoms with Crippen LogP contribution < -0.4 is 5.32 Å². The van der Waals surface area contributed by atoms with E-state index in [9.17, 15) is 9.59 Å². The predicted octanol–water partition coefficient (Wildman–Crippen LogP) is 3.30. The molecule has 1 aliphatic carbocycles. The lowest BCUT2D eigenvalue weighted by Crippen LogP contribution is -2.40. The fourth-order valence-electron chi connectivity index (χ4n) is 4.73. The first-order valence-corrected chi connectivity index (χ1v) is 9.80. The van der Waals surface area contributed by atoms with E-state index in [2.05, 4.69) is 10.3 Å². The van der Waals surface area contributed by atoms with Crippen molar-refractivity contribution in [2.45, 2.75) is 51.0 Å². The van der Waals surface area contributed by atoms with Gasteiger partial charge in [-0.05, 0) is 35.9 Å². The van der Waals surface area contributed by atoms with E-state index in [1.165, 1.54) is 32.1 Å². The lowest BCUT2D eigenvalue weighted by Gasteiger charge is -2.30. The van der Waals surface area contributed by atoms with Crippen molar-refractivity contribution in [2.24, 2.45) is 16.8 Å². The maximum absolute atomic E-state index is 12.9. The topological polar surface area (TPSA) is 67.8 Å². The van der Waals surface area contributed by atoms with Gasteiger partial charge in [0.1, 0.15) is 6.61 Å². The molecule has 0 spiro atoms. The summed E-state index contributed by atoms with van der Waals surface area (Å²) in [6, 6.07) is 7.78. The number of aliphatic imine (C=N–C) groups is 1. The van der Waals surface area contributed by atoms with Crippen molar-refractivity contribution >= 4 is 17.6 Å². The van der Waals surface area contributed by atoms with E-state index in [-0.39, 0.29) is 12.6 Å². The Morgan fingerprint density at radius 2 is 1.88 bits per heavy atom. The maximum atomic E-state index is 12.9. The Labute approximate surface area is 154 Å². The molecule has 2 fully saturated rings. The first kappa shape index (κ1) is 17.4. The van der Waals surface area contributed by atoms with Crippen LogP contribution in [0.15, 0.2) is 29.3 Å². The smallest absolute Gasteiger partial charge is 0.434 e. The van der Waals surface area contributed by atoms with E-state index in [0.29, 0.717) is 29.8 Å².